The quantitative estimate of drug-likeness (QED) is 0.289. The normalized spacial score (nSPS) is 10.7. The third-order valence-electron chi connectivity index (χ3n) is 5.88. The Labute approximate surface area is 211 Å². The SMILES string of the molecule is COc1ccc(CCNc2nc3ccccc3nc2NCCc2ccc(OC)c(OC)c2)cc1OC. The summed E-state index contributed by atoms with van der Waals surface area (Å²) in [6.07, 6.45) is 1.58. The van der Waals surface area contributed by atoms with Gasteiger partial charge in [-0.1, -0.05) is 24.3 Å². The average Bonchev–Trinajstić information content (AvgIpc) is 2.92. The number of nitrogens with one attached hydrogen (secondary N) is 2. The Hall–Kier alpha value is -4.20. The fourth-order valence-corrected chi connectivity index (χ4v) is 3.97. The van der Waals surface area contributed by atoms with E-state index in [0.717, 1.165) is 69.6 Å². The lowest BCUT2D eigenvalue weighted by Crippen LogP contribution is -2.13. The van der Waals surface area contributed by atoms with Crippen LogP contribution < -0.4 is 29.6 Å². The Balaban J connectivity index is 1.45. The van der Waals surface area contributed by atoms with Crippen molar-refractivity contribution in [3.63, 3.8) is 0 Å². The predicted octanol–water partition coefficient (Wildman–Crippen LogP) is 4.97. The molecule has 0 aliphatic rings. The highest BCUT2D eigenvalue weighted by Gasteiger charge is 2.10. The fraction of sp³-hybridized carbons (Fsp3) is 0.286. The molecule has 8 nitrogen and oxygen atoms in total. The number of nitrogens with zero attached hydrogens (tertiary/aromatic N) is 2. The van der Waals surface area contributed by atoms with Crippen LogP contribution >= 0.6 is 0 Å². The standard InChI is InChI=1S/C28H32N4O4/c1-33-23-11-9-19(17-25(23)35-3)13-15-29-27-28(32-22-8-6-5-7-21(22)31-27)30-16-14-20-10-12-24(34-2)26(18-20)36-4/h5-12,17-18H,13-16H2,1-4H3,(H,29,31)(H,30,32). The van der Waals surface area contributed by atoms with Crippen LogP contribution in [0.3, 0.4) is 0 Å². The Morgan fingerprint density at radius 2 is 0.972 bits per heavy atom. The topological polar surface area (TPSA) is 86.8 Å². The zero-order chi connectivity index (χ0) is 25.3. The highest BCUT2D eigenvalue weighted by Crippen LogP contribution is 2.29. The summed E-state index contributed by atoms with van der Waals surface area (Å²) in [5, 5.41) is 6.91. The number of hydrogen-bond acceptors (Lipinski definition) is 8. The molecule has 4 rings (SSSR count). The molecule has 0 fully saturated rings. The summed E-state index contributed by atoms with van der Waals surface area (Å²) in [5.74, 6) is 4.32. The van der Waals surface area contributed by atoms with Gasteiger partial charge in [0, 0.05) is 13.1 Å². The van der Waals surface area contributed by atoms with Crippen LogP contribution in [0.4, 0.5) is 11.6 Å². The van der Waals surface area contributed by atoms with Crippen LogP contribution in [-0.4, -0.2) is 51.5 Å². The van der Waals surface area contributed by atoms with Gasteiger partial charge in [-0.15, -0.1) is 0 Å². The molecule has 0 saturated carbocycles. The molecule has 3 aromatic carbocycles. The van der Waals surface area contributed by atoms with Gasteiger partial charge in [-0.3, -0.25) is 0 Å². The molecule has 0 spiro atoms. The lowest BCUT2D eigenvalue weighted by Gasteiger charge is -2.14. The Bertz CT molecular complexity index is 1210. The molecular formula is C28H32N4O4. The fourth-order valence-electron chi connectivity index (χ4n) is 3.97. The minimum absolute atomic E-state index is 0.687. The average molecular weight is 489 g/mol. The van der Waals surface area contributed by atoms with Crippen LogP contribution in [0.2, 0.25) is 0 Å². The molecule has 0 unspecified atom stereocenters. The molecule has 8 heteroatoms. The predicted molar refractivity (Wildman–Crippen MR) is 143 cm³/mol. The van der Waals surface area contributed by atoms with Gasteiger partial charge >= 0.3 is 0 Å². The van der Waals surface area contributed by atoms with Crippen LogP contribution in [0.15, 0.2) is 60.7 Å². The van der Waals surface area contributed by atoms with Crippen LogP contribution in [0.1, 0.15) is 11.1 Å². The van der Waals surface area contributed by atoms with Crippen molar-refractivity contribution >= 4 is 22.7 Å². The monoisotopic (exact) mass is 488 g/mol. The minimum Gasteiger partial charge on any atom is -0.493 e. The van der Waals surface area contributed by atoms with E-state index < -0.39 is 0 Å². The van der Waals surface area contributed by atoms with Gasteiger partial charge in [-0.25, -0.2) is 9.97 Å². The third kappa shape index (κ3) is 5.89. The maximum Gasteiger partial charge on any atom is 0.169 e. The number of ether oxygens (including phenoxy) is 4. The van der Waals surface area contributed by atoms with Gasteiger partial charge in [0.15, 0.2) is 34.6 Å². The minimum atomic E-state index is 0.687. The first-order valence-electron chi connectivity index (χ1n) is 11.8. The maximum atomic E-state index is 5.42. The number of para-hydroxylation sites is 2. The van der Waals surface area contributed by atoms with Crippen molar-refractivity contribution in [2.75, 3.05) is 52.2 Å². The summed E-state index contributed by atoms with van der Waals surface area (Å²) in [6.45, 7) is 1.37. The van der Waals surface area contributed by atoms with Crippen molar-refractivity contribution in [2.45, 2.75) is 12.8 Å². The van der Waals surface area contributed by atoms with E-state index in [1.54, 1.807) is 28.4 Å². The highest BCUT2D eigenvalue weighted by atomic mass is 16.5. The molecule has 2 N–H and O–H groups in total. The Kier molecular flexibility index (Phi) is 8.28. The molecule has 1 aromatic heterocycles. The third-order valence-corrected chi connectivity index (χ3v) is 5.88. The molecule has 1 heterocycles. The summed E-state index contributed by atoms with van der Waals surface area (Å²) < 4.78 is 21.5. The smallest absolute Gasteiger partial charge is 0.169 e. The first kappa shape index (κ1) is 24.9. The zero-order valence-electron chi connectivity index (χ0n) is 21.1. The van der Waals surface area contributed by atoms with Crippen molar-refractivity contribution in [3.8, 4) is 23.0 Å². The number of fused-ring (bicyclic) bond motifs is 1. The van der Waals surface area contributed by atoms with Gasteiger partial charge in [0.2, 0.25) is 0 Å². The van der Waals surface area contributed by atoms with E-state index in [9.17, 15) is 0 Å². The number of methoxy groups -OCH3 is 4. The molecule has 0 bridgehead atoms. The molecule has 0 atom stereocenters. The molecule has 0 aliphatic heterocycles. The molecule has 36 heavy (non-hydrogen) atoms. The van der Waals surface area contributed by atoms with E-state index in [-0.39, 0.29) is 0 Å². The molecule has 188 valence electrons. The first-order valence-corrected chi connectivity index (χ1v) is 11.8. The number of rotatable bonds is 12. The summed E-state index contributed by atoms with van der Waals surface area (Å²) in [6, 6.07) is 19.8. The first-order chi connectivity index (χ1) is 17.6. The van der Waals surface area contributed by atoms with Crippen molar-refractivity contribution in [2.24, 2.45) is 0 Å². The van der Waals surface area contributed by atoms with E-state index in [2.05, 4.69) is 10.6 Å². The second kappa shape index (κ2) is 12.0. The van der Waals surface area contributed by atoms with Crippen LogP contribution in [0, 0.1) is 0 Å². The molecule has 0 saturated heterocycles. The summed E-state index contributed by atoms with van der Waals surface area (Å²) in [5.41, 5.74) is 3.96. The van der Waals surface area contributed by atoms with Gasteiger partial charge in [-0.2, -0.15) is 0 Å². The van der Waals surface area contributed by atoms with E-state index in [1.807, 2.05) is 60.7 Å². The maximum absolute atomic E-state index is 5.42. The zero-order valence-corrected chi connectivity index (χ0v) is 21.1. The number of benzene rings is 3. The van der Waals surface area contributed by atoms with Crippen molar-refractivity contribution in [1.82, 2.24) is 9.97 Å². The van der Waals surface area contributed by atoms with E-state index in [4.69, 9.17) is 28.9 Å². The van der Waals surface area contributed by atoms with E-state index >= 15 is 0 Å². The second-order valence-electron chi connectivity index (χ2n) is 8.14. The lowest BCUT2D eigenvalue weighted by atomic mass is 10.1. The van der Waals surface area contributed by atoms with E-state index in [0.29, 0.717) is 13.1 Å². The number of aromatic nitrogens is 2. The van der Waals surface area contributed by atoms with Gasteiger partial charge in [0.25, 0.3) is 0 Å². The van der Waals surface area contributed by atoms with Crippen molar-refractivity contribution in [1.29, 1.82) is 0 Å². The van der Waals surface area contributed by atoms with Gasteiger partial charge in [0.1, 0.15) is 0 Å². The Morgan fingerprint density at radius 1 is 0.556 bits per heavy atom. The molecule has 0 aliphatic carbocycles. The van der Waals surface area contributed by atoms with Crippen LogP contribution in [0.25, 0.3) is 11.0 Å². The Morgan fingerprint density at radius 3 is 1.36 bits per heavy atom. The summed E-state index contributed by atoms with van der Waals surface area (Å²) >= 11 is 0. The van der Waals surface area contributed by atoms with Crippen molar-refractivity contribution < 1.29 is 18.9 Å². The number of anilines is 2. The lowest BCUT2D eigenvalue weighted by molar-refractivity contribution is 0.354. The highest BCUT2D eigenvalue weighted by molar-refractivity contribution is 5.80. The van der Waals surface area contributed by atoms with Crippen molar-refractivity contribution in [3.05, 3.63) is 71.8 Å². The summed E-state index contributed by atoms with van der Waals surface area (Å²) in [7, 11) is 6.56. The van der Waals surface area contributed by atoms with Crippen LogP contribution in [-0.2, 0) is 12.8 Å². The van der Waals surface area contributed by atoms with Gasteiger partial charge in [0.05, 0.1) is 39.5 Å². The van der Waals surface area contributed by atoms with Gasteiger partial charge < -0.3 is 29.6 Å². The van der Waals surface area contributed by atoms with Crippen LogP contribution in [0.5, 0.6) is 23.0 Å². The molecule has 0 radical (unpaired) electrons. The molecule has 4 aromatic rings. The van der Waals surface area contributed by atoms with E-state index in [1.165, 1.54) is 0 Å². The largest absolute Gasteiger partial charge is 0.493 e. The molecule has 0 amide bonds. The summed E-state index contributed by atoms with van der Waals surface area (Å²) in [4.78, 5) is 9.65. The second-order valence-corrected chi connectivity index (χ2v) is 8.14. The number of hydrogen-bond donors (Lipinski definition) is 2. The van der Waals surface area contributed by atoms with Gasteiger partial charge in [-0.05, 0) is 60.4 Å². The molecular weight excluding hydrogens is 456 g/mol.